The van der Waals surface area contributed by atoms with Gasteiger partial charge in [-0.25, -0.2) is 8.42 Å². The number of amides is 2. The van der Waals surface area contributed by atoms with Crippen molar-refractivity contribution in [2.45, 2.75) is 50.9 Å². The highest BCUT2D eigenvalue weighted by Crippen LogP contribution is 2.38. The highest BCUT2D eigenvalue weighted by Gasteiger charge is 2.37. The first-order valence-electron chi connectivity index (χ1n) is 12.7. The third-order valence-electron chi connectivity index (χ3n) is 6.54. The molecule has 0 saturated carbocycles. The molecule has 0 aliphatic rings. The number of alkyl halides is 3. The highest BCUT2D eigenvalue weighted by molar-refractivity contribution is 7.92. The molecule has 3 aromatic carbocycles. The summed E-state index contributed by atoms with van der Waals surface area (Å²) in [5, 5.41) is 1.90. The summed E-state index contributed by atoms with van der Waals surface area (Å²) < 4.78 is 69.5. The fraction of sp³-hybridized carbons (Fsp3) is 0.310. The van der Waals surface area contributed by atoms with Crippen molar-refractivity contribution >= 4 is 39.1 Å². The predicted molar refractivity (Wildman–Crippen MR) is 152 cm³/mol. The van der Waals surface area contributed by atoms with E-state index in [0.717, 1.165) is 23.3 Å². The Morgan fingerprint density at radius 2 is 1.51 bits per heavy atom. The number of halogens is 4. The van der Waals surface area contributed by atoms with Crippen LogP contribution in [0.5, 0.6) is 0 Å². The van der Waals surface area contributed by atoms with Crippen LogP contribution < -0.4 is 9.62 Å². The predicted octanol–water partition coefficient (Wildman–Crippen LogP) is 5.72. The van der Waals surface area contributed by atoms with Crippen LogP contribution in [-0.2, 0) is 32.3 Å². The zero-order chi connectivity index (χ0) is 30.5. The standard InChI is InChI=1S/C29H31ClF3N3O4S/c1-5-26(28(38)34-4)35(17-21-10-6-19(2)7-11-21)27(37)18-36(41(39,40)23-13-8-20(3)9-14-23)22-12-15-25(30)24(16-22)29(31,32)33/h6-16,26H,5,17-18H2,1-4H3,(H,34,38)/t26-/m0/s1. The van der Waals surface area contributed by atoms with Crippen LogP contribution in [0.2, 0.25) is 5.02 Å². The summed E-state index contributed by atoms with van der Waals surface area (Å²) in [6, 6.07) is 14.6. The van der Waals surface area contributed by atoms with Crippen LogP contribution >= 0.6 is 11.6 Å². The maximum atomic E-state index is 13.9. The largest absolute Gasteiger partial charge is 0.417 e. The average Bonchev–Trinajstić information content (AvgIpc) is 2.92. The van der Waals surface area contributed by atoms with Crippen molar-refractivity contribution in [3.63, 3.8) is 0 Å². The van der Waals surface area contributed by atoms with Crippen molar-refractivity contribution in [3.8, 4) is 0 Å². The summed E-state index contributed by atoms with van der Waals surface area (Å²) in [7, 11) is -3.12. The number of carbonyl (C=O) groups excluding carboxylic acids is 2. The van der Waals surface area contributed by atoms with E-state index < -0.39 is 56.9 Å². The lowest BCUT2D eigenvalue weighted by atomic mass is 10.1. The van der Waals surface area contributed by atoms with Gasteiger partial charge in [-0.3, -0.25) is 13.9 Å². The minimum absolute atomic E-state index is 0.0299. The second-order valence-electron chi connectivity index (χ2n) is 9.53. The van der Waals surface area contributed by atoms with Gasteiger partial charge in [-0.1, -0.05) is 66.0 Å². The van der Waals surface area contributed by atoms with Gasteiger partial charge < -0.3 is 10.2 Å². The smallest absolute Gasteiger partial charge is 0.357 e. The van der Waals surface area contributed by atoms with Crippen molar-refractivity contribution in [2.24, 2.45) is 0 Å². The second-order valence-corrected chi connectivity index (χ2v) is 11.8. The quantitative estimate of drug-likeness (QED) is 0.318. The Morgan fingerprint density at radius 1 is 0.951 bits per heavy atom. The summed E-state index contributed by atoms with van der Waals surface area (Å²) in [6.45, 7) is 4.44. The third kappa shape index (κ3) is 7.59. The van der Waals surface area contributed by atoms with Crippen LogP contribution in [0.1, 0.15) is 35.6 Å². The van der Waals surface area contributed by atoms with E-state index in [0.29, 0.717) is 15.9 Å². The third-order valence-corrected chi connectivity index (χ3v) is 8.65. The topological polar surface area (TPSA) is 86.8 Å². The van der Waals surface area contributed by atoms with Gasteiger partial charge in [-0.15, -0.1) is 0 Å². The first kappa shape index (κ1) is 32.0. The minimum Gasteiger partial charge on any atom is -0.357 e. The first-order valence-corrected chi connectivity index (χ1v) is 14.5. The molecule has 3 aromatic rings. The van der Waals surface area contributed by atoms with Gasteiger partial charge in [-0.2, -0.15) is 13.2 Å². The van der Waals surface area contributed by atoms with Crippen molar-refractivity contribution in [2.75, 3.05) is 17.9 Å². The Kier molecular flexibility index (Phi) is 10.1. The average molecular weight is 610 g/mol. The molecule has 0 aliphatic carbocycles. The Morgan fingerprint density at radius 3 is 2.02 bits per heavy atom. The number of nitrogens with one attached hydrogen (secondary N) is 1. The van der Waals surface area contributed by atoms with E-state index >= 15 is 0 Å². The number of sulfonamides is 1. The molecule has 0 heterocycles. The second kappa shape index (κ2) is 12.9. The molecule has 41 heavy (non-hydrogen) atoms. The fourth-order valence-corrected chi connectivity index (χ4v) is 5.86. The van der Waals surface area contributed by atoms with E-state index in [1.807, 2.05) is 19.1 Å². The van der Waals surface area contributed by atoms with Crippen molar-refractivity contribution < 1.29 is 31.2 Å². The van der Waals surface area contributed by atoms with Gasteiger partial charge in [0.05, 0.1) is 21.2 Å². The van der Waals surface area contributed by atoms with Crippen LogP contribution in [-0.4, -0.2) is 44.8 Å². The van der Waals surface area contributed by atoms with Gasteiger partial charge in [0.25, 0.3) is 10.0 Å². The molecule has 0 fully saturated rings. The Balaban J connectivity index is 2.14. The molecular weight excluding hydrogens is 579 g/mol. The van der Waals surface area contributed by atoms with Crippen LogP contribution in [0.15, 0.2) is 71.6 Å². The fourth-order valence-electron chi connectivity index (χ4n) is 4.23. The molecule has 220 valence electrons. The number of benzene rings is 3. The summed E-state index contributed by atoms with van der Waals surface area (Å²) in [4.78, 5) is 27.7. The zero-order valence-electron chi connectivity index (χ0n) is 23.0. The molecule has 0 saturated heterocycles. The molecule has 0 bridgehead atoms. The number of hydrogen-bond acceptors (Lipinski definition) is 4. The van der Waals surface area contributed by atoms with E-state index in [9.17, 15) is 31.2 Å². The van der Waals surface area contributed by atoms with E-state index in [2.05, 4.69) is 5.32 Å². The summed E-state index contributed by atoms with van der Waals surface area (Å²) in [5.74, 6) is -1.24. The number of aryl methyl sites for hydroxylation is 2. The number of nitrogens with zero attached hydrogens (tertiary/aromatic N) is 2. The number of likely N-dealkylation sites (N-methyl/N-ethyl adjacent to an activating group) is 1. The SMILES string of the molecule is CC[C@@H](C(=O)NC)N(Cc1ccc(C)cc1)C(=O)CN(c1ccc(Cl)c(C(F)(F)F)c1)S(=O)(=O)c1ccc(C)cc1. The monoisotopic (exact) mass is 609 g/mol. The van der Waals surface area contributed by atoms with Crippen LogP contribution in [0.3, 0.4) is 0 Å². The molecular formula is C29H31ClF3N3O4S. The van der Waals surface area contributed by atoms with Crippen molar-refractivity contribution in [1.82, 2.24) is 10.2 Å². The normalized spacial score (nSPS) is 12.5. The summed E-state index contributed by atoms with van der Waals surface area (Å²) in [6.07, 6.45) is -4.67. The van der Waals surface area contributed by atoms with Gasteiger partial charge in [0.15, 0.2) is 0 Å². The molecule has 1 N–H and O–H groups in total. The molecule has 0 spiro atoms. The maximum Gasteiger partial charge on any atom is 0.417 e. The number of anilines is 1. The van der Waals surface area contributed by atoms with Crippen molar-refractivity contribution in [3.05, 3.63) is 94.0 Å². The van der Waals surface area contributed by atoms with E-state index in [-0.39, 0.29) is 17.9 Å². The molecule has 7 nitrogen and oxygen atoms in total. The van der Waals surface area contributed by atoms with Gasteiger partial charge >= 0.3 is 6.18 Å². The number of carbonyl (C=O) groups is 2. The van der Waals surface area contributed by atoms with Gasteiger partial charge in [0, 0.05) is 13.6 Å². The molecule has 1 atom stereocenters. The molecule has 3 rings (SSSR count). The van der Waals surface area contributed by atoms with Gasteiger partial charge in [-0.05, 0) is 56.2 Å². The van der Waals surface area contributed by atoms with E-state index in [1.54, 1.807) is 26.0 Å². The Bertz CT molecular complexity index is 1500. The molecule has 0 radical (unpaired) electrons. The van der Waals surface area contributed by atoms with Gasteiger partial charge in [0.2, 0.25) is 11.8 Å². The Labute approximate surface area is 243 Å². The number of hydrogen-bond donors (Lipinski definition) is 1. The first-order chi connectivity index (χ1) is 19.2. The lowest BCUT2D eigenvalue weighted by Crippen LogP contribution is -2.51. The summed E-state index contributed by atoms with van der Waals surface area (Å²) >= 11 is 5.80. The highest BCUT2D eigenvalue weighted by atomic mass is 35.5. The Hall–Kier alpha value is -3.57. The lowest BCUT2D eigenvalue weighted by molar-refractivity contribution is -0.140. The van der Waals surface area contributed by atoms with Crippen molar-refractivity contribution in [1.29, 1.82) is 0 Å². The molecule has 0 aromatic heterocycles. The molecule has 12 heteroatoms. The minimum atomic E-state index is -4.87. The van der Waals surface area contributed by atoms with Crippen LogP contribution in [0.4, 0.5) is 18.9 Å². The van der Waals surface area contributed by atoms with Gasteiger partial charge in [0.1, 0.15) is 12.6 Å². The molecule has 0 unspecified atom stereocenters. The van der Waals surface area contributed by atoms with E-state index in [4.69, 9.17) is 11.6 Å². The zero-order valence-corrected chi connectivity index (χ0v) is 24.6. The van der Waals surface area contributed by atoms with E-state index in [1.165, 1.54) is 36.2 Å². The van der Waals surface area contributed by atoms with Crippen LogP contribution in [0, 0.1) is 13.8 Å². The molecule has 2 amide bonds. The molecule has 0 aliphatic heterocycles. The van der Waals surface area contributed by atoms with Crippen LogP contribution in [0.25, 0.3) is 0 Å². The lowest BCUT2D eigenvalue weighted by Gasteiger charge is -2.33. The maximum absolute atomic E-state index is 13.9. The number of rotatable bonds is 10. The summed E-state index contributed by atoms with van der Waals surface area (Å²) in [5.41, 5.74) is 0.771.